The van der Waals surface area contributed by atoms with Gasteiger partial charge in [0.1, 0.15) is 0 Å². The monoisotopic (exact) mass is 682 g/mol. The molecule has 8 nitrogen and oxygen atoms in total. The van der Waals surface area contributed by atoms with E-state index in [9.17, 15) is 9.59 Å². The van der Waals surface area contributed by atoms with Gasteiger partial charge in [0.15, 0.2) is 11.6 Å². The Labute approximate surface area is 302 Å². The Kier molecular flexibility index (Phi) is 10.8. The van der Waals surface area contributed by atoms with Gasteiger partial charge < -0.3 is 9.97 Å². The lowest BCUT2D eigenvalue weighted by Crippen LogP contribution is -2.28. The van der Waals surface area contributed by atoms with Gasteiger partial charge in [-0.2, -0.15) is 0 Å². The molecule has 0 spiro atoms. The molecule has 4 aromatic heterocycles. The third kappa shape index (κ3) is 7.94. The molecule has 0 bridgehead atoms. The normalized spacial score (nSPS) is 12.2. The van der Waals surface area contributed by atoms with Crippen molar-refractivity contribution in [1.82, 2.24) is 30.6 Å². The Hall–Kier alpha value is -6.48. The minimum absolute atomic E-state index is 0.0459. The molecule has 256 valence electrons. The molecule has 52 heavy (non-hydrogen) atoms. The van der Waals surface area contributed by atoms with Crippen LogP contribution in [-0.2, 0) is 13.1 Å². The van der Waals surface area contributed by atoms with Crippen molar-refractivity contribution in [3.05, 3.63) is 204 Å². The molecule has 2 atom stereocenters. The Balaban J connectivity index is 0.000000162. The van der Waals surface area contributed by atoms with E-state index in [1.165, 1.54) is 0 Å². The molecule has 8 heteroatoms. The lowest BCUT2D eigenvalue weighted by Gasteiger charge is -2.18. The van der Waals surface area contributed by atoms with Crippen LogP contribution >= 0.6 is 0 Å². The number of nitrogens with zero attached hydrogens (tertiary/aromatic N) is 2. The fourth-order valence-corrected chi connectivity index (χ4v) is 6.30. The number of hydrogen-bond donors (Lipinski definition) is 4. The maximum atomic E-state index is 13.3. The largest absolute Gasteiger partial charge is 0.360 e. The molecule has 4 aromatic carbocycles. The molecule has 8 aromatic rings. The Morgan fingerprint density at radius 2 is 0.865 bits per heavy atom. The van der Waals surface area contributed by atoms with Crippen LogP contribution in [0.1, 0.15) is 55.3 Å². The first-order chi connectivity index (χ1) is 25.7. The first-order valence-electron chi connectivity index (χ1n) is 17.2. The average Bonchev–Trinajstić information content (AvgIpc) is 3.85. The van der Waals surface area contributed by atoms with Gasteiger partial charge >= 0.3 is 0 Å². The van der Waals surface area contributed by atoms with Crippen molar-refractivity contribution in [2.24, 2.45) is 0 Å². The number of rotatable bonds is 12. The SMILES string of the molecule is O=C(c1c[nH]c2ccccc12)C(NCc1ccccn1)c1ccccc1.O=C(c1c[nH]c2ccccc12)C(NCc1ccccn1)c1ccccc1. The molecule has 4 N–H and O–H groups in total. The number of hydrogen-bond acceptors (Lipinski definition) is 6. The molecule has 0 saturated carbocycles. The van der Waals surface area contributed by atoms with E-state index in [-0.39, 0.29) is 11.6 Å². The van der Waals surface area contributed by atoms with E-state index in [1.54, 1.807) is 24.8 Å². The maximum Gasteiger partial charge on any atom is 0.186 e. The molecule has 4 heterocycles. The molecule has 0 fully saturated rings. The number of ketones is 2. The quantitative estimate of drug-likeness (QED) is 0.0961. The van der Waals surface area contributed by atoms with Crippen LogP contribution in [0.4, 0.5) is 0 Å². The highest BCUT2D eigenvalue weighted by molar-refractivity contribution is 6.11. The molecular weight excluding hydrogens is 645 g/mol. The number of pyridine rings is 2. The highest BCUT2D eigenvalue weighted by atomic mass is 16.1. The minimum atomic E-state index is -0.433. The number of Topliss-reactive ketones (excluding diaryl/α,β-unsaturated/α-hetero) is 2. The topological polar surface area (TPSA) is 116 Å². The lowest BCUT2D eigenvalue weighted by atomic mass is 9.97. The van der Waals surface area contributed by atoms with Gasteiger partial charge in [0.25, 0.3) is 0 Å². The summed E-state index contributed by atoms with van der Waals surface area (Å²) in [6, 6.07) is 46.0. The molecule has 0 saturated heterocycles. The van der Waals surface area contributed by atoms with Gasteiger partial charge in [0.2, 0.25) is 0 Å². The van der Waals surface area contributed by atoms with Crippen LogP contribution in [0.5, 0.6) is 0 Å². The van der Waals surface area contributed by atoms with Crippen LogP contribution in [0.15, 0.2) is 170 Å². The summed E-state index contributed by atoms with van der Waals surface area (Å²) in [6.07, 6.45) is 7.11. The average molecular weight is 683 g/mol. The van der Waals surface area contributed by atoms with Gasteiger partial charge in [-0.15, -0.1) is 0 Å². The van der Waals surface area contributed by atoms with E-state index in [2.05, 4.69) is 30.6 Å². The summed E-state index contributed by atoms with van der Waals surface area (Å²) in [6.45, 7) is 1.04. The number of carbonyl (C=O) groups is 2. The van der Waals surface area contributed by atoms with E-state index >= 15 is 0 Å². The molecular formula is C44H38N6O2. The highest BCUT2D eigenvalue weighted by Gasteiger charge is 2.25. The van der Waals surface area contributed by atoms with Crippen LogP contribution < -0.4 is 10.6 Å². The fourth-order valence-electron chi connectivity index (χ4n) is 6.30. The van der Waals surface area contributed by atoms with Gasteiger partial charge in [0, 0.05) is 70.8 Å². The van der Waals surface area contributed by atoms with Crippen molar-refractivity contribution in [3.8, 4) is 0 Å². The first-order valence-corrected chi connectivity index (χ1v) is 17.2. The van der Waals surface area contributed by atoms with Crippen LogP contribution in [0.25, 0.3) is 21.8 Å². The van der Waals surface area contributed by atoms with Crippen molar-refractivity contribution in [2.75, 3.05) is 0 Å². The Bertz CT molecular complexity index is 2190. The van der Waals surface area contributed by atoms with Crippen molar-refractivity contribution in [2.45, 2.75) is 25.2 Å². The zero-order valence-electron chi connectivity index (χ0n) is 28.4. The van der Waals surface area contributed by atoms with Crippen LogP contribution in [0.3, 0.4) is 0 Å². The van der Waals surface area contributed by atoms with E-state index < -0.39 is 12.1 Å². The van der Waals surface area contributed by atoms with Crippen molar-refractivity contribution >= 4 is 33.4 Å². The molecule has 8 rings (SSSR count). The van der Waals surface area contributed by atoms with Gasteiger partial charge in [-0.05, 0) is 47.5 Å². The van der Waals surface area contributed by atoms with E-state index in [0.717, 1.165) is 44.3 Å². The van der Waals surface area contributed by atoms with Gasteiger partial charge in [-0.1, -0.05) is 109 Å². The molecule has 2 unspecified atom stereocenters. The van der Waals surface area contributed by atoms with Crippen molar-refractivity contribution in [3.63, 3.8) is 0 Å². The summed E-state index contributed by atoms with van der Waals surface area (Å²) >= 11 is 0. The second kappa shape index (κ2) is 16.5. The number of aromatic nitrogens is 4. The molecule has 0 aliphatic heterocycles. The third-order valence-electron chi connectivity index (χ3n) is 8.93. The van der Waals surface area contributed by atoms with Crippen molar-refractivity contribution in [1.29, 1.82) is 0 Å². The van der Waals surface area contributed by atoms with Crippen LogP contribution in [-0.4, -0.2) is 31.5 Å². The summed E-state index contributed by atoms with van der Waals surface area (Å²) in [5.74, 6) is 0.0918. The van der Waals surface area contributed by atoms with E-state index in [1.807, 2.05) is 146 Å². The molecule has 0 amide bonds. The Morgan fingerprint density at radius 1 is 0.481 bits per heavy atom. The second-order valence-electron chi connectivity index (χ2n) is 12.3. The number of para-hydroxylation sites is 2. The van der Waals surface area contributed by atoms with Gasteiger partial charge in [-0.3, -0.25) is 30.2 Å². The summed E-state index contributed by atoms with van der Waals surface area (Å²) in [5.41, 5.74) is 7.02. The summed E-state index contributed by atoms with van der Waals surface area (Å²) < 4.78 is 0. The van der Waals surface area contributed by atoms with Gasteiger partial charge in [0.05, 0.1) is 23.5 Å². The predicted molar refractivity (Wildman–Crippen MR) is 206 cm³/mol. The van der Waals surface area contributed by atoms with Gasteiger partial charge in [-0.25, -0.2) is 0 Å². The highest BCUT2D eigenvalue weighted by Crippen LogP contribution is 2.26. The smallest absolute Gasteiger partial charge is 0.186 e. The van der Waals surface area contributed by atoms with E-state index in [4.69, 9.17) is 0 Å². The number of fused-ring (bicyclic) bond motifs is 2. The third-order valence-corrected chi connectivity index (χ3v) is 8.93. The minimum Gasteiger partial charge on any atom is -0.360 e. The number of benzene rings is 4. The van der Waals surface area contributed by atoms with Crippen LogP contribution in [0, 0.1) is 0 Å². The number of carbonyl (C=O) groups excluding carboxylic acids is 2. The van der Waals surface area contributed by atoms with Crippen molar-refractivity contribution < 1.29 is 9.59 Å². The summed E-state index contributed by atoms with van der Waals surface area (Å²) in [4.78, 5) is 41.7. The number of H-pyrrole nitrogens is 2. The standard InChI is InChI=1S/2C22H19N3O/c2*26-22(19-15-24-20-12-5-4-11-18(19)20)21(16-8-2-1-3-9-16)25-14-17-10-6-7-13-23-17/h2*1-13,15,21,24-25H,14H2. The zero-order valence-corrected chi connectivity index (χ0v) is 28.4. The number of nitrogens with one attached hydrogen (secondary N) is 4. The molecule has 0 radical (unpaired) electrons. The summed E-state index contributed by atoms with van der Waals surface area (Å²) in [5, 5.41) is 8.64. The molecule has 0 aliphatic rings. The Morgan fingerprint density at radius 3 is 1.27 bits per heavy atom. The lowest BCUT2D eigenvalue weighted by molar-refractivity contribution is 0.0935. The van der Waals surface area contributed by atoms with Crippen LogP contribution in [0.2, 0.25) is 0 Å². The number of aromatic amines is 2. The van der Waals surface area contributed by atoms with E-state index in [0.29, 0.717) is 24.2 Å². The maximum absolute atomic E-state index is 13.3. The second-order valence-corrected chi connectivity index (χ2v) is 12.3. The zero-order chi connectivity index (χ0) is 35.5. The predicted octanol–water partition coefficient (Wildman–Crippen LogP) is 8.55. The molecule has 0 aliphatic carbocycles. The fraction of sp³-hybridized carbons (Fsp3) is 0.0909. The first kappa shape index (κ1) is 34.0. The summed E-state index contributed by atoms with van der Waals surface area (Å²) in [7, 11) is 0.